The van der Waals surface area contributed by atoms with Crippen LogP contribution >= 0.6 is 42.0 Å². The molecule has 4 aromatic carbocycles. The number of aromatic nitrogens is 8. The SMILES string of the molecule is [2H]C([2H])(OP(=O)(C[C@@H](C)C(=O)OC(C)C)Oc1ccccc1)[C@@H]1O[C@H](n2cc(C)c(=O)[nH]c2=O)[C@H]([N+]#[C-])C1O.[2H]C([2H])(O[P@@](=O)(C[C@@H](C)C(=O)OC(C)C)Oc1ccccc1)[C@@H]1O[C@H](n2cc(C)c(=O)[nH]c2=O)[C@H]([N+]#[C-])C1O.[2H]C([2H])(O[P@](=O)(C[C@@H](C)C(=O)OC(C)C)Oc1ccccc1)[C@@H]1O[C@H](n2cc(C)c(=O)[nH]c2=O)[C@H](Cl)C1O.[2H]C([2H])(O[P@](=O)(C[C@@H](C)C(=O)OC(C)C)Oc1ccccc1)[C@@H]1O[C@H](n2cc(C)c(=O)[nH]c2=O)[C@H]([N+]#[C-])C1O. The number of hydrogen-bond donors (Lipinski definition) is 8. The number of carbonyl (C=O) groups is 4. The molecule has 52 heteroatoms. The number of alkyl halides is 1. The van der Waals surface area contributed by atoms with Gasteiger partial charge in [-0.25, -0.2) is 57.2 Å². The van der Waals surface area contributed by atoms with Gasteiger partial charge in [0, 0.05) is 47.0 Å². The molecule has 0 saturated carbocycles. The first-order valence-corrected chi connectivity index (χ1v) is 52.9. The predicted octanol–water partition coefficient (Wildman–Crippen LogP) is 9.39. The number of nitrogens with zero attached hydrogens (tertiary/aromatic N) is 7. The Kier molecular flexibility index (Phi) is 38.4. The van der Waals surface area contributed by atoms with E-state index >= 15 is 0 Å². The molecule has 8 N–H and O–H groups in total. The van der Waals surface area contributed by atoms with E-state index in [1.807, 2.05) is 0 Å². The lowest BCUT2D eigenvalue weighted by Gasteiger charge is -2.24. The van der Waals surface area contributed by atoms with Crippen LogP contribution in [0, 0.1) is 71.1 Å². The van der Waals surface area contributed by atoms with E-state index in [2.05, 4.69) is 34.5 Å². The van der Waals surface area contributed by atoms with E-state index in [0.29, 0.717) is 0 Å². The van der Waals surface area contributed by atoms with E-state index in [4.69, 9.17) is 116 Å². The summed E-state index contributed by atoms with van der Waals surface area (Å²) in [6, 6.07) is 26.7. The Hall–Kier alpha value is -12.1. The van der Waals surface area contributed by atoms with Crippen LogP contribution < -0.4 is 63.1 Å². The monoisotopic (exact) mass is 2160 g/mol. The Morgan fingerprint density at radius 3 is 0.741 bits per heavy atom. The molecule has 12 rings (SSSR count). The van der Waals surface area contributed by atoms with Crippen molar-refractivity contribution in [1.29, 1.82) is 0 Å². The number of rotatable bonds is 40. The summed E-state index contributed by atoms with van der Waals surface area (Å²) >= 11 is 6.29. The Bertz CT molecular complexity index is 6640. The first-order valence-electron chi connectivity index (χ1n) is 49.5. The second-order valence-corrected chi connectivity index (χ2v) is 43.5. The maximum absolute atomic E-state index is 13.9. The molecule has 8 heterocycles. The Balaban J connectivity index is 0.000000229. The first kappa shape index (κ1) is 106. The standard InChI is InChI=1S/3C24H30N3O9P.C23H30ClN2O9P/c3*1-14(2)34-23(30)16(4)13-37(32,36-17-9-7-6-8-10-17)33-12-18-20(28)19(25-5)22(35-18)27-11-15(3)21(29)26-24(27)31;1-13(2)33-22(29)15(4)12-36(31,35-16-8-6-5-7-9-16)32-11-17-19(27)18(24)21(34-17)26-10-14(3)20(28)25-23(26)30/h3*6-11,14,16,18-20,22,28H,12-13H2,1-4H3,(H,26,29,31);5-10,13,15,17-19,21,27H,11-12H2,1-4H3,(H,25,28,30)/t16-,18+,19-,20?,22+,37?;16-,18+,19-,20?,22+,37+;16-,18+,19-,20?,22+,37-;15-,17+,18-,19?,21+,36-/m1111/s1/i3*12D2;11D2. The number of aromatic amines is 4. The predicted molar refractivity (Wildman–Crippen MR) is 528 cm³/mol. The quantitative estimate of drug-likeness (QED) is 0.00582. The molecule has 0 spiro atoms. The summed E-state index contributed by atoms with van der Waals surface area (Å²) in [5, 5.41) is 41.9. The molecule has 4 aliphatic heterocycles. The molecule has 0 radical (unpaired) electrons. The fourth-order valence-electron chi connectivity index (χ4n) is 13.9. The summed E-state index contributed by atoms with van der Waals surface area (Å²) in [5.74, 6) is -6.59. The Morgan fingerprint density at radius 2 is 0.544 bits per heavy atom. The van der Waals surface area contributed by atoms with Gasteiger partial charge in [-0.1, -0.05) is 100 Å². The number of aryl methyl sites for hydroxylation is 4. The van der Waals surface area contributed by atoms with Crippen LogP contribution in [0.5, 0.6) is 23.0 Å². The molecule has 4 fully saturated rings. The topological polar surface area (TPSA) is 598 Å². The van der Waals surface area contributed by atoms with Gasteiger partial charge >= 0.3 is 77.0 Å². The van der Waals surface area contributed by atoms with Crippen LogP contribution in [0.25, 0.3) is 14.5 Å². The van der Waals surface area contributed by atoms with Crippen LogP contribution in [0.3, 0.4) is 0 Å². The van der Waals surface area contributed by atoms with Crippen molar-refractivity contribution in [1.82, 2.24) is 38.2 Å². The van der Waals surface area contributed by atoms with Gasteiger partial charge in [-0.15, -0.1) is 11.6 Å². The average Bonchev–Trinajstić information content (AvgIpc) is 1.62. The van der Waals surface area contributed by atoms with Gasteiger partial charge in [0.1, 0.15) is 58.9 Å². The summed E-state index contributed by atoms with van der Waals surface area (Å²) in [7, 11) is -18.0. The van der Waals surface area contributed by atoms with Crippen molar-refractivity contribution in [2.45, 2.75) is 232 Å². The molecule has 47 nitrogen and oxygen atoms in total. The number of nitrogens with one attached hydrogen (secondary N) is 4. The summed E-state index contributed by atoms with van der Waals surface area (Å²) in [6.07, 6.45) is -20.3. The number of carbonyl (C=O) groups excluding carboxylic acids is 4. The fraction of sp³-hybridized carbons (Fsp3) is 0.505. The highest BCUT2D eigenvalue weighted by atomic mass is 35.5. The van der Waals surface area contributed by atoms with Crippen molar-refractivity contribution in [2.75, 3.05) is 50.9 Å². The number of esters is 4. The molecule has 798 valence electrons. The van der Waals surface area contributed by atoms with Crippen molar-refractivity contribution in [3.8, 4) is 23.0 Å². The summed E-state index contributed by atoms with van der Waals surface area (Å²) < 4.78 is 214. The molecule has 8 aromatic rings. The molecule has 0 amide bonds. The van der Waals surface area contributed by atoms with E-state index in [1.54, 1.807) is 128 Å². The number of aliphatic hydroxyl groups is 4. The number of halogens is 1. The summed E-state index contributed by atoms with van der Waals surface area (Å²) in [4.78, 5) is 164. The van der Waals surface area contributed by atoms with Crippen LogP contribution in [0.4, 0.5) is 0 Å². The van der Waals surface area contributed by atoms with Gasteiger partial charge in [0.2, 0.25) is 18.7 Å². The number of hydrogen-bond acceptors (Lipinski definition) is 36. The Morgan fingerprint density at radius 1 is 0.354 bits per heavy atom. The highest BCUT2D eigenvalue weighted by molar-refractivity contribution is 7.55. The van der Waals surface area contributed by atoms with Gasteiger partial charge in [0.25, 0.3) is 40.4 Å². The lowest BCUT2D eigenvalue weighted by molar-refractivity contribution is -0.152. The molecule has 24 atom stereocenters. The third-order valence-electron chi connectivity index (χ3n) is 21.2. The zero-order chi connectivity index (χ0) is 116. The third-order valence-corrected chi connectivity index (χ3v) is 29.2. The molecule has 0 bridgehead atoms. The van der Waals surface area contributed by atoms with Crippen LogP contribution in [0.1, 0.15) is 141 Å². The molecule has 4 aliphatic rings. The van der Waals surface area contributed by atoms with Crippen molar-refractivity contribution in [3.63, 3.8) is 0 Å². The van der Waals surface area contributed by atoms with Crippen molar-refractivity contribution in [3.05, 3.63) is 286 Å². The second-order valence-electron chi connectivity index (χ2n) is 35.1. The molecule has 5 unspecified atom stereocenters. The van der Waals surface area contributed by atoms with Gasteiger partial charge in [-0.05, 0) is 132 Å². The van der Waals surface area contributed by atoms with Gasteiger partial charge in [-0.2, -0.15) is 0 Å². The minimum absolute atomic E-state index is 0.0705. The van der Waals surface area contributed by atoms with Crippen LogP contribution in [-0.4, -0.2) is 230 Å². The lowest BCUT2D eigenvalue weighted by atomic mass is 10.1. The zero-order valence-corrected chi connectivity index (χ0v) is 86.5. The van der Waals surface area contributed by atoms with Crippen LogP contribution in [0.15, 0.2) is 184 Å². The van der Waals surface area contributed by atoms with Gasteiger partial charge < -0.3 is 91.0 Å². The summed E-state index contributed by atoms with van der Waals surface area (Å²) in [6.45, 7) is 34.9. The van der Waals surface area contributed by atoms with E-state index in [1.165, 1.54) is 104 Å². The van der Waals surface area contributed by atoms with Gasteiger partial charge in [0.05, 0.1) is 110 Å². The summed E-state index contributed by atoms with van der Waals surface area (Å²) in [5.41, 5.74) is -5.81. The number of benzene rings is 4. The molecule has 4 saturated heterocycles. The minimum Gasteiger partial charge on any atom is -0.463 e. The largest absolute Gasteiger partial charge is 0.463 e. The van der Waals surface area contributed by atoms with Crippen molar-refractivity contribution < 1.29 is 143 Å². The molecular weight excluding hydrogens is 2030 g/mol. The van der Waals surface area contributed by atoms with Crippen molar-refractivity contribution >= 4 is 65.9 Å². The zero-order valence-electron chi connectivity index (χ0n) is 90.2. The third kappa shape index (κ3) is 32.9. The van der Waals surface area contributed by atoms with Crippen LogP contribution in [0.2, 0.25) is 0 Å². The average molecular weight is 2160 g/mol. The Labute approximate surface area is 859 Å². The van der Waals surface area contributed by atoms with E-state index in [9.17, 15) is 96.2 Å². The highest BCUT2D eigenvalue weighted by Crippen LogP contribution is 2.55. The van der Waals surface area contributed by atoms with Gasteiger partial charge in [-0.3, -0.25) is 94.7 Å². The lowest BCUT2D eigenvalue weighted by Crippen LogP contribution is -2.37. The maximum atomic E-state index is 13.9. The molecule has 4 aromatic heterocycles. The van der Waals surface area contributed by atoms with Gasteiger partial charge in [0.15, 0.2) is 24.5 Å². The fourth-order valence-corrected chi connectivity index (χ4v) is 21.1. The van der Waals surface area contributed by atoms with Crippen molar-refractivity contribution in [2.24, 2.45) is 23.7 Å². The highest BCUT2D eigenvalue weighted by Gasteiger charge is 2.55. The first-order chi connectivity index (χ1) is 72.1. The van der Waals surface area contributed by atoms with Crippen LogP contribution in [-0.2, 0) is 93.4 Å². The minimum atomic E-state index is -4.50. The molecule has 0 aliphatic carbocycles. The van der Waals surface area contributed by atoms with E-state index in [-0.39, 0.29) is 45.3 Å². The number of aliphatic hydroxyl groups excluding tert-OH is 4. The smallest absolute Gasteiger partial charge is 0.380 e. The normalized spacial score (nSPS) is 25.0. The number of para-hydroxylation sites is 4. The maximum Gasteiger partial charge on any atom is 0.380 e. The number of H-pyrrole nitrogens is 4. The molecular formula is C95H120ClN11O36P4. The van der Waals surface area contributed by atoms with E-state index < -0.39 is 295 Å². The number of ether oxygens (including phenoxy) is 8. The molecule has 147 heavy (non-hydrogen) atoms. The second kappa shape index (κ2) is 53.2. The van der Waals surface area contributed by atoms with E-state index in [0.717, 1.165) is 43.1 Å².